The van der Waals surface area contributed by atoms with Gasteiger partial charge in [-0.3, -0.25) is 4.79 Å². The van der Waals surface area contributed by atoms with E-state index in [1.807, 2.05) is 23.1 Å². The van der Waals surface area contributed by atoms with E-state index in [9.17, 15) is 9.18 Å². The van der Waals surface area contributed by atoms with Crippen LogP contribution in [0.2, 0.25) is 0 Å². The van der Waals surface area contributed by atoms with Crippen molar-refractivity contribution in [3.05, 3.63) is 60.0 Å². The number of carbonyl (C=O) groups is 1. The average Bonchev–Trinajstić information content (AvgIpc) is 3.15. The van der Waals surface area contributed by atoms with Gasteiger partial charge in [0.1, 0.15) is 5.82 Å². The predicted octanol–water partition coefficient (Wildman–Crippen LogP) is 4.10. The summed E-state index contributed by atoms with van der Waals surface area (Å²) < 4.78 is 24.4. The molecule has 0 spiro atoms. The van der Waals surface area contributed by atoms with Crippen LogP contribution in [0.5, 0.6) is 11.5 Å². The third-order valence-electron chi connectivity index (χ3n) is 5.24. The molecule has 1 fully saturated rings. The van der Waals surface area contributed by atoms with Gasteiger partial charge in [-0.2, -0.15) is 0 Å². The van der Waals surface area contributed by atoms with Crippen LogP contribution < -0.4 is 9.47 Å². The van der Waals surface area contributed by atoms with Crippen LogP contribution in [-0.2, 0) is 4.79 Å². The number of fused-ring (bicyclic) bond motifs is 1. The summed E-state index contributed by atoms with van der Waals surface area (Å²) in [4.78, 5) is 17.9. The maximum atomic E-state index is 13.4. The molecular weight excluding hydrogens is 359 g/mol. The number of piperidine rings is 1. The molecular formula is C22H23FN2O3. The zero-order chi connectivity index (χ0) is 19.5. The number of carbonyl (C=O) groups excluding carboxylic acids is 1. The summed E-state index contributed by atoms with van der Waals surface area (Å²) in [7, 11) is 1.57. The Balaban J connectivity index is 1.41. The van der Waals surface area contributed by atoms with E-state index < -0.39 is 0 Å². The minimum atomic E-state index is -0.244. The molecule has 1 N–H and O–H groups in total. The van der Waals surface area contributed by atoms with E-state index >= 15 is 0 Å². The quantitative estimate of drug-likeness (QED) is 0.723. The maximum absolute atomic E-state index is 13.4. The van der Waals surface area contributed by atoms with E-state index in [1.54, 1.807) is 25.3 Å². The molecule has 1 aliphatic heterocycles. The molecule has 146 valence electrons. The number of aromatic amines is 1. The number of hydrogen-bond donors (Lipinski definition) is 1. The zero-order valence-corrected chi connectivity index (χ0v) is 15.8. The highest BCUT2D eigenvalue weighted by Gasteiger charge is 2.26. The van der Waals surface area contributed by atoms with Crippen molar-refractivity contribution in [2.75, 3.05) is 26.8 Å². The number of H-pyrrole nitrogens is 1. The van der Waals surface area contributed by atoms with Crippen molar-refractivity contribution in [3.63, 3.8) is 0 Å². The number of methoxy groups -OCH3 is 1. The molecule has 3 aromatic rings. The number of nitrogens with zero attached hydrogens (tertiary/aromatic N) is 1. The lowest BCUT2D eigenvalue weighted by molar-refractivity contribution is -0.134. The number of nitrogens with one attached hydrogen (secondary N) is 1. The van der Waals surface area contributed by atoms with E-state index in [1.165, 1.54) is 12.1 Å². The molecule has 4 rings (SSSR count). The molecule has 28 heavy (non-hydrogen) atoms. The van der Waals surface area contributed by atoms with Gasteiger partial charge in [-0.25, -0.2) is 4.39 Å². The molecule has 2 aromatic carbocycles. The van der Waals surface area contributed by atoms with Gasteiger partial charge in [0.2, 0.25) is 0 Å². The molecule has 1 saturated heterocycles. The third-order valence-corrected chi connectivity index (χ3v) is 5.24. The molecule has 0 radical (unpaired) electrons. The highest BCUT2D eigenvalue weighted by molar-refractivity contribution is 5.81. The SMILES string of the molecule is COc1ccccc1OCC(=O)N1CCCC(c2cc3cc(F)ccc3[nH]2)C1. The van der Waals surface area contributed by atoms with E-state index in [4.69, 9.17) is 9.47 Å². The summed E-state index contributed by atoms with van der Waals surface area (Å²) >= 11 is 0. The van der Waals surface area contributed by atoms with Crippen LogP contribution >= 0.6 is 0 Å². The highest BCUT2D eigenvalue weighted by atomic mass is 19.1. The number of benzene rings is 2. The van der Waals surface area contributed by atoms with E-state index in [0.29, 0.717) is 18.0 Å². The molecule has 1 aromatic heterocycles. The first-order valence-electron chi connectivity index (χ1n) is 9.46. The van der Waals surface area contributed by atoms with Gasteiger partial charge in [-0.05, 0) is 49.2 Å². The number of halogens is 1. The van der Waals surface area contributed by atoms with Crippen molar-refractivity contribution in [1.29, 1.82) is 0 Å². The van der Waals surface area contributed by atoms with E-state index in [-0.39, 0.29) is 24.2 Å². The Bertz CT molecular complexity index is 985. The second-order valence-corrected chi connectivity index (χ2v) is 7.07. The first-order chi connectivity index (χ1) is 13.6. The van der Waals surface area contributed by atoms with Crippen LogP contribution in [0.15, 0.2) is 48.5 Å². The lowest BCUT2D eigenvalue weighted by atomic mass is 9.94. The molecule has 2 heterocycles. The fraction of sp³-hybridized carbons (Fsp3) is 0.318. The van der Waals surface area contributed by atoms with Crippen molar-refractivity contribution in [2.24, 2.45) is 0 Å². The normalized spacial score (nSPS) is 16.9. The van der Waals surface area contributed by atoms with Crippen molar-refractivity contribution in [2.45, 2.75) is 18.8 Å². The topological polar surface area (TPSA) is 54.6 Å². The van der Waals surface area contributed by atoms with E-state index in [0.717, 1.165) is 36.0 Å². The van der Waals surface area contributed by atoms with Gasteiger partial charge in [0.05, 0.1) is 7.11 Å². The maximum Gasteiger partial charge on any atom is 0.260 e. The van der Waals surface area contributed by atoms with Crippen LogP contribution in [0.4, 0.5) is 4.39 Å². The zero-order valence-electron chi connectivity index (χ0n) is 15.8. The lowest BCUT2D eigenvalue weighted by Gasteiger charge is -2.32. The fourth-order valence-electron chi connectivity index (χ4n) is 3.77. The number of amides is 1. The Hall–Kier alpha value is -3.02. The molecule has 1 aliphatic rings. The van der Waals surface area contributed by atoms with Gasteiger partial charge < -0.3 is 19.4 Å². The Morgan fingerprint density at radius 3 is 2.86 bits per heavy atom. The second-order valence-electron chi connectivity index (χ2n) is 7.07. The summed E-state index contributed by atoms with van der Waals surface area (Å²) in [5.74, 6) is 1.09. The summed E-state index contributed by atoms with van der Waals surface area (Å²) in [6.07, 6.45) is 1.92. The minimum Gasteiger partial charge on any atom is -0.493 e. The van der Waals surface area contributed by atoms with Crippen molar-refractivity contribution >= 4 is 16.8 Å². The van der Waals surface area contributed by atoms with Crippen molar-refractivity contribution < 1.29 is 18.7 Å². The van der Waals surface area contributed by atoms with Crippen LogP contribution in [0.25, 0.3) is 10.9 Å². The number of rotatable bonds is 5. The summed E-state index contributed by atoms with van der Waals surface area (Å²) in [5, 5.41) is 0.859. The first-order valence-corrected chi connectivity index (χ1v) is 9.46. The molecule has 0 bridgehead atoms. The second kappa shape index (κ2) is 7.92. The van der Waals surface area contributed by atoms with Crippen LogP contribution in [0, 0.1) is 5.82 Å². The average molecular weight is 382 g/mol. The van der Waals surface area contributed by atoms with Gasteiger partial charge in [0.25, 0.3) is 5.91 Å². The summed E-state index contributed by atoms with van der Waals surface area (Å²) in [6.45, 7) is 1.33. The fourth-order valence-corrected chi connectivity index (χ4v) is 3.77. The largest absolute Gasteiger partial charge is 0.493 e. The lowest BCUT2D eigenvalue weighted by Crippen LogP contribution is -2.41. The molecule has 1 amide bonds. The Labute approximate surface area is 163 Å². The van der Waals surface area contributed by atoms with Crippen LogP contribution in [0.1, 0.15) is 24.5 Å². The molecule has 5 nitrogen and oxygen atoms in total. The van der Waals surface area contributed by atoms with Crippen molar-refractivity contribution in [3.8, 4) is 11.5 Å². The number of aromatic nitrogens is 1. The van der Waals surface area contributed by atoms with Gasteiger partial charge in [0.15, 0.2) is 18.1 Å². The summed E-state index contributed by atoms with van der Waals surface area (Å²) in [6, 6.07) is 14.0. The van der Waals surface area contributed by atoms with Crippen LogP contribution in [0.3, 0.4) is 0 Å². The predicted molar refractivity (Wildman–Crippen MR) is 105 cm³/mol. The smallest absolute Gasteiger partial charge is 0.260 e. The Kier molecular flexibility index (Phi) is 5.19. The minimum absolute atomic E-state index is 0.0228. The molecule has 0 saturated carbocycles. The third kappa shape index (κ3) is 3.81. The number of para-hydroxylation sites is 2. The number of likely N-dealkylation sites (tertiary alicyclic amines) is 1. The van der Waals surface area contributed by atoms with E-state index in [2.05, 4.69) is 4.98 Å². The first kappa shape index (κ1) is 18.3. The molecule has 6 heteroatoms. The monoisotopic (exact) mass is 382 g/mol. The molecule has 1 atom stereocenters. The van der Waals surface area contributed by atoms with Crippen LogP contribution in [-0.4, -0.2) is 42.6 Å². The summed E-state index contributed by atoms with van der Waals surface area (Å²) in [5.41, 5.74) is 1.96. The van der Waals surface area contributed by atoms with Crippen molar-refractivity contribution in [1.82, 2.24) is 9.88 Å². The number of hydrogen-bond acceptors (Lipinski definition) is 3. The van der Waals surface area contributed by atoms with Gasteiger partial charge in [-0.1, -0.05) is 12.1 Å². The molecule has 0 aliphatic carbocycles. The highest BCUT2D eigenvalue weighted by Crippen LogP contribution is 2.30. The Morgan fingerprint density at radius 1 is 1.21 bits per heavy atom. The van der Waals surface area contributed by atoms with Gasteiger partial charge in [0, 0.05) is 35.6 Å². The van der Waals surface area contributed by atoms with Gasteiger partial charge in [-0.15, -0.1) is 0 Å². The number of ether oxygens (including phenoxy) is 2. The Morgan fingerprint density at radius 2 is 2.04 bits per heavy atom. The standard InChI is InChI=1S/C22H23FN2O3/c1-27-20-6-2-3-7-21(20)28-14-22(26)25-10-4-5-15(13-25)19-12-16-11-17(23)8-9-18(16)24-19/h2-3,6-9,11-12,15,24H,4-5,10,13-14H2,1H3. The van der Waals surface area contributed by atoms with Gasteiger partial charge >= 0.3 is 0 Å². The molecule has 1 unspecified atom stereocenters.